The Kier molecular flexibility index (Phi) is 6.85. The molecule has 0 fully saturated rings. The standard InChI is InChI=1S/C15H22N2O3S/c1-13(10-11-17(2)3)16-21(19,20)15-9-5-4-7-14(15)8-6-12-18/h4-5,7,9,13,16,18H,10-12H2,1-3H3. The number of nitrogens with one attached hydrogen (secondary N) is 1. The van der Waals surface area contributed by atoms with Crippen LogP contribution in [0.25, 0.3) is 0 Å². The summed E-state index contributed by atoms with van der Waals surface area (Å²) in [5, 5.41) is 8.75. The third kappa shape index (κ3) is 5.86. The summed E-state index contributed by atoms with van der Waals surface area (Å²) in [7, 11) is 0.270. The molecule has 1 aromatic rings. The molecule has 116 valence electrons. The zero-order chi connectivity index (χ0) is 15.9. The van der Waals surface area contributed by atoms with Gasteiger partial charge in [0.1, 0.15) is 6.61 Å². The van der Waals surface area contributed by atoms with E-state index >= 15 is 0 Å². The van der Waals surface area contributed by atoms with Crippen LogP contribution in [0.15, 0.2) is 29.2 Å². The van der Waals surface area contributed by atoms with E-state index in [1.807, 2.05) is 25.9 Å². The molecule has 0 amide bonds. The Bertz CT molecular complexity index is 615. The predicted molar refractivity (Wildman–Crippen MR) is 83.4 cm³/mol. The van der Waals surface area contributed by atoms with Gasteiger partial charge in [-0.25, -0.2) is 13.1 Å². The van der Waals surface area contributed by atoms with Crippen LogP contribution in [0, 0.1) is 11.8 Å². The van der Waals surface area contributed by atoms with Gasteiger partial charge >= 0.3 is 0 Å². The third-order valence-electron chi connectivity index (χ3n) is 2.84. The Balaban J connectivity index is 2.93. The van der Waals surface area contributed by atoms with E-state index in [0.717, 1.165) is 13.0 Å². The van der Waals surface area contributed by atoms with E-state index in [-0.39, 0.29) is 17.5 Å². The van der Waals surface area contributed by atoms with Gasteiger partial charge < -0.3 is 10.0 Å². The smallest absolute Gasteiger partial charge is 0.242 e. The molecule has 0 bridgehead atoms. The maximum Gasteiger partial charge on any atom is 0.242 e. The zero-order valence-corrected chi connectivity index (χ0v) is 13.4. The van der Waals surface area contributed by atoms with Gasteiger partial charge in [0, 0.05) is 11.6 Å². The highest BCUT2D eigenvalue weighted by molar-refractivity contribution is 7.89. The van der Waals surface area contributed by atoms with Crippen LogP contribution in [0.2, 0.25) is 0 Å². The highest BCUT2D eigenvalue weighted by Crippen LogP contribution is 2.15. The number of aliphatic hydroxyl groups excluding tert-OH is 1. The molecule has 2 N–H and O–H groups in total. The first-order valence-electron chi connectivity index (χ1n) is 6.72. The fourth-order valence-electron chi connectivity index (χ4n) is 1.78. The molecule has 1 atom stereocenters. The van der Waals surface area contributed by atoms with Gasteiger partial charge in [-0.2, -0.15) is 0 Å². The lowest BCUT2D eigenvalue weighted by Gasteiger charge is -2.17. The predicted octanol–water partition coefficient (Wildman–Crippen LogP) is 0.649. The molecule has 0 aromatic heterocycles. The Labute approximate surface area is 127 Å². The van der Waals surface area contributed by atoms with Crippen LogP contribution in [0.5, 0.6) is 0 Å². The Morgan fingerprint density at radius 2 is 2.00 bits per heavy atom. The molecule has 0 aliphatic rings. The van der Waals surface area contributed by atoms with Crippen LogP contribution in [0.3, 0.4) is 0 Å². The maximum atomic E-state index is 12.4. The number of benzene rings is 1. The van der Waals surface area contributed by atoms with Crippen LogP contribution >= 0.6 is 0 Å². The Hall–Kier alpha value is -1.39. The molecule has 0 saturated heterocycles. The summed E-state index contributed by atoms with van der Waals surface area (Å²) in [5.41, 5.74) is 0.388. The van der Waals surface area contributed by atoms with Gasteiger partial charge in [-0.1, -0.05) is 24.0 Å². The van der Waals surface area contributed by atoms with Crippen LogP contribution < -0.4 is 4.72 Å². The number of hydrogen-bond donors (Lipinski definition) is 2. The quantitative estimate of drug-likeness (QED) is 0.757. The first-order valence-corrected chi connectivity index (χ1v) is 8.21. The molecular formula is C15H22N2O3S. The molecule has 0 aliphatic carbocycles. The summed E-state index contributed by atoms with van der Waals surface area (Å²) < 4.78 is 27.5. The molecular weight excluding hydrogens is 288 g/mol. The summed E-state index contributed by atoms with van der Waals surface area (Å²) in [6, 6.07) is 6.35. The Morgan fingerprint density at radius 3 is 2.62 bits per heavy atom. The van der Waals surface area contributed by atoms with Crippen molar-refractivity contribution in [1.82, 2.24) is 9.62 Å². The van der Waals surface area contributed by atoms with E-state index < -0.39 is 10.0 Å². The number of hydrogen-bond acceptors (Lipinski definition) is 4. The van der Waals surface area contributed by atoms with E-state index in [1.165, 1.54) is 6.07 Å². The average molecular weight is 310 g/mol. The molecule has 0 saturated carbocycles. The van der Waals surface area contributed by atoms with Crippen molar-refractivity contribution in [1.29, 1.82) is 0 Å². The normalized spacial score (nSPS) is 12.8. The molecule has 0 heterocycles. The van der Waals surface area contributed by atoms with Gasteiger partial charge in [-0.05, 0) is 46.1 Å². The monoisotopic (exact) mass is 310 g/mol. The summed E-state index contributed by atoms with van der Waals surface area (Å²) in [5.74, 6) is 5.14. The number of rotatable bonds is 6. The molecule has 0 aliphatic heterocycles. The van der Waals surface area contributed by atoms with Crippen LogP contribution in [0.1, 0.15) is 18.9 Å². The van der Waals surface area contributed by atoms with E-state index in [2.05, 4.69) is 16.6 Å². The fraction of sp³-hybridized carbons (Fsp3) is 0.467. The van der Waals surface area contributed by atoms with Crippen molar-refractivity contribution in [2.24, 2.45) is 0 Å². The summed E-state index contributed by atoms with van der Waals surface area (Å²) >= 11 is 0. The lowest BCUT2D eigenvalue weighted by Crippen LogP contribution is -2.35. The minimum atomic E-state index is -3.62. The van der Waals surface area contributed by atoms with E-state index in [0.29, 0.717) is 5.56 Å². The van der Waals surface area contributed by atoms with Crippen LogP contribution in [0.4, 0.5) is 0 Å². The zero-order valence-electron chi connectivity index (χ0n) is 12.6. The highest BCUT2D eigenvalue weighted by Gasteiger charge is 2.19. The number of sulfonamides is 1. The minimum Gasteiger partial charge on any atom is -0.384 e. The lowest BCUT2D eigenvalue weighted by molar-refractivity contribution is 0.350. The molecule has 1 rings (SSSR count). The first kappa shape index (κ1) is 17.7. The molecule has 6 heteroatoms. The second-order valence-corrected chi connectivity index (χ2v) is 6.75. The van der Waals surface area contributed by atoms with Crippen molar-refractivity contribution in [2.75, 3.05) is 27.2 Å². The minimum absolute atomic E-state index is 0.141. The summed E-state index contributed by atoms with van der Waals surface area (Å²) in [6.45, 7) is 2.33. The van der Waals surface area contributed by atoms with Crippen molar-refractivity contribution in [3.8, 4) is 11.8 Å². The van der Waals surface area contributed by atoms with Crippen LogP contribution in [-0.4, -0.2) is 51.7 Å². The van der Waals surface area contributed by atoms with Crippen molar-refractivity contribution in [3.05, 3.63) is 29.8 Å². The van der Waals surface area contributed by atoms with E-state index in [4.69, 9.17) is 5.11 Å². The maximum absolute atomic E-state index is 12.4. The topological polar surface area (TPSA) is 69.6 Å². The van der Waals surface area contributed by atoms with Gasteiger partial charge in [0.2, 0.25) is 10.0 Å². The van der Waals surface area contributed by atoms with Crippen molar-refractivity contribution < 1.29 is 13.5 Å². The number of aliphatic hydroxyl groups is 1. The van der Waals surface area contributed by atoms with Gasteiger partial charge in [0.15, 0.2) is 0 Å². The van der Waals surface area contributed by atoms with Gasteiger partial charge in [0.05, 0.1) is 4.90 Å². The van der Waals surface area contributed by atoms with Crippen molar-refractivity contribution >= 4 is 10.0 Å². The highest BCUT2D eigenvalue weighted by atomic mass is 32.2. The summed E-state index contributed by atoms with van der Waals surface area (Å²) in [4.78, 5) is 2.15. The first-order chi connectivity index (χ1) is 9.86. The average Bonchev–Trinajstić information content (AvgIpc) is 2.42. The molecule has 0 spiro atoms. The van der Waals surface area contributed by atoms with Gasteiger partial charge in [0.25, 0.3) is 0 Å². The molecule has 21 heavy (non-hydrogen) atoms. The van der Waals surface area contributed by atoms with E-state index in [1.54, 1.807) is 18.2 Å². The van der Waals surface area contributed by atoms with Crippen molar-refractivity contribution in [2.45, 2.75) is 24.3 Å². The summed E-state index contributed by atoms with van der Waals surface area (Å²) in [6.07, 6.45) is 0.719. The molecule has 5 nitrogen and oxygen atoms in total. The van der Waals surface area contributed by atoms with E-state index in [9.17, 15) is 8.42 Å². The Morgan fingerprint density at radius 1 is 1.33 bits per heavy atom. The van der Waals surface area contributed by atoms with Crippen molar-refractivity contribution in [3.63, 3.8) is 0 Å². The number of nitrogens with zero attached hydrogens (tertiary/aromatic N) is 1. The molecule has 0 radical (unpaired) electrons. The second kappa shape index (κ2) is 8.15. The van der Waals surface area contributed by atoms with Gasteiger partial charge in [-0.3, -0.25) is 0 Å². The third-order valence-corrected chi connectivity index (χ3v) is 4.49. The second-order valence-electron chi connectivity index (χ2n) is 5.07. The van der Waals surface area contributed by atoms with Gasteiger partial charge in [-0.15, -0.1) is 0 Å². The lowest BCUT2D eigenvalue weighted by atomic mass is 10.2. The molecule has 1 unspecified atom stereocenters. The largest absolute Gasteiger partial charge is 0.384 e. The fourth-order valence-corrected chi connectivity index (χ4v) is 3.22. The SMILES string of the molecule is CC(CCN(C)C)NS(=O)(=O)c1ccccc1C#CCO. The molecule has 1 aromatic carbocycles. The van der Waals surface area contributed by atoms with Crippen LogP contribution in [-0.2, 0) is 10.0 Å².